The number of hydrogen-bond donors (Lipinski definition) is 2. The number of hydrogen-bond acceptors (Lipinski definition) is 2. The van der Waals surface area contributed by atoms with Gasteiger partial charge in [0.05, 0.1) is 27.5 Å². The Bertz CT molecular complexity index is 5240. The van der Waals surface area contributed by atoms with Crippen LogP contribution in [0.3, 0.4) is 0 Å². The Kier molecular flexibility index (Phi) is 10.2. The number of H-pyrrole nitrogens is 2. The summed E-state index contributed by atoms with van der Waals surface area (Å²) in [6, 6.07) is 86.0. The van der Waals surface area contributed by atoms with Gasteiger partial charge < -0.3 is 27.9 Å². The van der Waals surface area contributed by atoms with Crippen molar-refractivity contribution in [3.8, 4) is 22.5 Å². The minimum absolute atomic E-state index is 0.627. The van der Waals surface area contributed by atoms with Crippen molar-refractivity contribution in [2.75, 3.05) is 0 Å². The number of benzene rings is 11. The molecule has 79 heavy (non-hydrogen) atoms. The van der Waals surface area contributed by atoms with E-state index in [1.807, 2.05) is 48.5 Å². The second-order valence-electron chi connectivity index (χ2n) is 21.0. The Morgan fingerprint density at radius 3 is 1.66 bits per heavy atom. The molecule has 17 aromatic rings. The molecule has 2 N–H and O–H groups in total. The molecule has 0 fully saturated rings. The van der Waals surface area contributed by atoms with Crippen molar-refractivity contribution in [2.45, 2.75) is 19.3 Å². The van der Waals surface area contributed by atoms with Crippen LogP contribution in [0.5, 0.6) is 0 Å². The van der Waals surface area contributed by atoms with Crippen molar-refractivity contribution in [3.63, 3.8) is 0 Å². The molecule has 0 bridgehead atoms. The van der Waals surface area contributed by atoms with Crippen molar-refractivity contribution >= 4 is 126 Å². The molecule has 11 aromatic carbocycles. The molecule has 6 heteroatoms. The summed E-state index contributed by atoms with van der Waals surface area (Å²) in [7, 11) is 0. The average Bonchev–Trinajstić information content (AvgIpc) is 4.56. The molecule has 6 nitrogen and oxygen atoms in total. The summed E-state index contributed by atoms with van der Waals surface area (Å²) in [6.07, 6.45) is 5.67. The van der Waals surface area contributed by atoms with Gasteiger partial charge in [0, 0.05) is 99.0 Å². The van der Waals surface area contributed by atoms with E-state index in [1.165, 1.54) is 65.9 Å². The lowest BCUT2D eigenvalue weighted by Crippen LogP contribution is -1.97. The van der Waals surface area contributed by atoms with E-state index < -0.39 is 0 Å². The van der Waals surface area contributed by atoms with Crippen LogP contribution < -0.4 is 0 Å². The van der Waals surface area contributed by atoms with Gasteiger partial charge in [-0.15, -0.1) is 0 Å². The molecule has 1 aliphatic rings. The van der Waals surface area contributed by atoms with E-state index in [0.29, 0.717) is 5.92 Å². The van der Waals surface area contributed by atoms with Crippen LogP contribution in [0, 0.1) is 0 Å². The van der Waals surface area contributed by atoms with Crippen molar-refractivity contribution in [3.05, 3.63) is 260 Å². The highest BCUT2D eigenvalue weighted by atomic mass is 16.3. The minimum Gasteiger partial charge on any atom is -0.456 e. The lowest BCUT2D eigenvalue weighted by molar-refractivity contribution is 0.669. The number of allylic oxidation sites excluding steroid dienone is 1. The van der Waals surface area contributed by atoms with Crippen LogP contribution in [0.15, 0.2) is 258 Å². The highest BCUT2D eigenvalue weighted by molar-refractivity contribution is 6.24. The van der Waals surface area contributed by atoms with E-state index in [-0.39, 0.29) is 0 Å². The van der Waals surface area contributed by atoms with Gasteiger partial charge in [-0.05, 0) is 121 Å². The number of aromatic amines is 2. The van der Waals surface area contributed by atoms with Gasteiger partial charge in [0.25, 0.3) is 0 Å². The van der Waals surface area contributed by atoms with Crippen molar-refractivity contribution < 1.29 is 8.83 Å². The zero-order valence-electron chi connectivity index (χ0n) is 43.2. The quantitative estimate of drug-likeness (QED) is 0.185. The van der Waals surface area contributed by atoms with Gasteiger partial charge >= 0.3 is 0 Å². The molecular weight excluding hydrogens is 965 g/mol. The van der Waals surface area contributed by atoms with Gasteiger partial charge in [-0.1, -0.05) is 159 Å². The van der Waals surface area contributed by atoms with Crippen LogP contribution >= 0.6 is 0 Å². The lowest BCUT2D eigenvalue weighted by Gasteiger charge is -2.12. The third-order valence-corrected chi connectivity index (χ3v) is 16.4. The molecule has 1 aliphatic carbocycles. The lowest BCUT2D eigenvalue weighted by atomic mass is 9.94. The Morgan fingerprint density at radius 2 is 0.899 bits per heavy atom. The fourth-order valence-electron chi connectivity index (χ4n) is 12.6. The van der Waals surface area contributed by atoms with Crippen LogP contribution in [0.25, 0.3) is 149 Å². The molecule has 0 saturated heterocycles. The molecule has 0 amide bonds. The maximum Gasteiger partial charge on any atom is 0.145 e. The summed E-state index contributed by atoms with van der Waals surface area (Å²) in [5.41, 5.74) is 19.1. The molecule has 0 aliphatic heterocycles. The first-order valence-corrected chi connectivity index (χ1v) is 27.2. The third kappa shape index (κ3) is 7.18. The summed E-state index contributed by atoms with van der Waals surface area (Å²) >= 11 is 0. The second kappa shape index (κ2) is 17.9. The second-order valence-corrected chi connectivity index (χ2v) is 21.0. The fraction of sp³-hybridized carbons (Fsp3) is 0.0411. The predicted octanol–water partition coefficient (Wildman–Crippen LogP) is 20.4. The Balaban J connectivity index is 0.000000217. The third-order valence-electron chi connectivity index (χ3n) is 16.4. The summed E-state index contributed by atoms with van der Waals surface area (Å²) < 4.78 is 17.8. The SMILES string of the molecule is CC1CC=Cc2c1[nH]c1ccccc21.c1ccc2c(c1)[nH]c1ccc(-c3ccc4c(c3)c3ccccc3n4-c3ccc4oc5c(ccc6c5c5ccccc5n6-c5ccc6oc7ccccc7c6c5)c4c3)cc12.c1ccccc1. The maximum absolute atomic E-state index is 6.86. The Hall–Kier alpha value is -10.3. The van der Waals surface area contributed by atoms with Gasteiger partial charge in [-0.25, -0.2) is 0 Å². The van der Waals surface area contributed by atoms with Crippen molar-refractivity contribution in [1.82, 2.24) is 19.1 Å². The molecular formula is C73H50N4O2. The van der Waals surface area contributed by atoms with Crippen molar-refractivity contribution in [2.24, 2.45) is 0 Å². The molecule has 18 rings (SSSR count). The summed E-state index contributed by atoms with van der Waals surface area (Å²) in [6.45, 7) is 2.28. The number of fused-ring (bicyclic) bond motifs is 19. The molecule has 374 valence electrons. The van der Waals surface area contributed by atoms with E-state index in [2.05, 4.69) is 232 Å². The normalized spacial score (nSPS) is 13.4. The van der Waals surface area contributed by atoms with Gasteiger partial charge in [0.15, 0.2) is 0 Å². The minimum atomic E-state index is 0.627. The number of aromatic nitrogens is 4. The monoisotopic (exact) mass is 1010 g/mol. The molecule has 6 heterocycles. The molecule has 1 unspecified atom stereocenters. The first-order valence-electron chi connectivity index (χ1n) is 27.2. The van der Waals surface area contributed by atoms with E-state index in [0.717, 1.165) is 94.5 Å². The Labute approximate surface area is 453 Å². The van der Waals surface area contributed by atoms with Crippen LogP contribution in [0.1, 0.15) is 30.5 Å². The topological polar surface area (TPSA) is 67.7 Å². The van der Waals surface area contributed by atoms with Crippen LogP contribution in [0.4, 0.5) is 0 Å². The van der Waals surface area contributed by atoms with Crippen LogP contribution in [-0.2, 0) is 0 Å². The van der Waals surface area contributed by atoms with Gasteiger partial charge in [0.1, 0.15) is 22.3 Å². The zero-order valence-corrected chi connectivity index (χ0v) is 43.2. The molecule has 1 atom stereocenters. The van der Waals surface area contributed by atoms with E-state index in [1.54, 1.807) is 0 Å². The summed E-state index contributed by atoms with van der Waals surface area (Å²) in [5, 5.41) is 13.0. The first-order chi connectivity index (χ1) is 39.1. The number of nitrogens with zero attached hydrogens (tertiary/aromatic N) is 2. The molecule has 0 radical (unpaired) electrons. The Morgan fingerprint density at radius 1 is 0.367 bits per heavy atom. The summed E-state index contributed by atoms with van der Waals surface area (Å²) in [4.78, 5) is 7.09. The smallest absolute Gasteiger partial charge is 0.145 e. The highest BCUT2D eigenvalue weighted by Gasteiger charge is 2.22. The first kappa shape index (κ1) is 44.9. The standard InChI is InChI=1S/C54H31N3O2.C13H13N.C6H6/c1-5-13-44-35(9-1)40-27-31(17-22-45(40)55-44)32-18-23-48-41(28-32)36-10-2-6-14-46(36)56(48)33-20-26-52-43(30-33)38-21-24-49-53(54(38)59-52)39-12-3-7-15-47(39)57(49)34-19-25-51-42(29-34)37-11-4-8-16-50(37)58-51;1-9-5-4-7-11-10-6-2-3-8-12(10)14-13(9)11;1-2-4-6-5-3-1/h1-30,55H;2-4,6-9,14H,5H2,1H3;1-6H. The number of furan rings is 2. The van der Waals surface area contributed by atoms with E-state index >= 15 is 0 Å². The summed E-state index contributed by atoms with van der Waals surface area (Å²) in [5.74, 6) is 0.627. The molecule has 6 aromatic heterocycles. The fourth-order valence-corrected chi connectivity index (χ4v) is 12.6. The highest BCUT2D eigenvalue weighted by Crippen LogP contribution is 2.44. The molecule has 0 spiro atoms. The number of para-hydroxylation sites is 5. The van der Waals surface area contributed by atoms with Crippen LogP contribution in [-0.4, -0.2) is 19.1 Å². The molecule has 0 saturated carbocycles. The average molecular weight is 1020 g/mol. The van der Waals surface area contributed by atoms with Gasteiger partial charge in [-0.3, -0.25) is 0 Å². The zero-order chi connectivity index (χ0) is 52.1. The number of rotatable bonds is 3. The van der Waals surface area contributed by atoms with Gasteiger partial charge in [0.2, 0.25) is 0 Å². The van der Waals surface area contributed by atoms with Gasteiger partial charge in [-0.2, -0.15) is 0 Å². The van der Waals surface area contributed by atoms with Crippen LogP contribution in [0.2, 0.25) is 0 Å². The largest absolute Gasteiger partial charge is 0.456 e. The van der Waals surface area contributed by atoms with Crippen molar-refractivity contribution in [1.29, 1.82) is 0 Å². The van der Waals surface area contributed by atoms with E-state index in [4.69, 9.17) is 8.83 Å². The maximum atomic E-state index is 6.86. The predicted molar refractivity (Wildman–Crippen MR) is 331 cm³/mol. The number of nitrogens with one attached hydrogen (secondary N) is 2. The van der Waals surface area contributed by atoms with E-state index in [9.17, 15) is 0 Å².